The van der Waals surface area contributed by atoms with Gasteiger partial charge in [0.15, 0.2) is 5.58 Å². The molecule has 78 valence electrons. The minimum absolute atomic E-state index is 0.511. The predicted molar refractivity (Wildman–Crippen MR) is 58.5 cm³/mol. The average Bonchev–Trinajstić information content (AvgIpc) is 2.59. The third-order valence-electron chi connectivity index (χ3n) is 3.32. The van der Waals surface area contributed by atoms with Gasteiger partial charge in [0, 0.05) is 23.4 Å². The number of hydrogen-bond acceptors (Lipinski definition) is 3. The highest BCUT2D eigenvalue weighted by Gasteiger charge is 2.25. The van der Waals surface area contributed by atoms with Gasteiger partial charge in [-0.25, -0.2) is 0 Å². The van der Waals surface area contributed by atoms with Gasteiger partial charge < -0.3 is 10.3 Å². The fraction of sp³-hybridized carbons (Fsp3) is 0.417. The summed E-state index contributed by atoms with van der Waals surface area (Å²) >= 11 is 0. The van der Waals surface area contributed by atoms with E-state index in [1.807, 2.05) is 12.1 Å². The third kappa shape index (κ3) is 1.27. The molecule has 1 fully saturated rings. The molecule has 0 aliphatic heterocycles. The van der Waals surface area contributed by atoms with Crippen LogP contribution >= 0.6 is 0 Å². The molecule has 0 radical (unpaired) electrons. The first-order valence-electron chi connectivity index (χ1n) is 5.47. The molecule has 3 nitrogen and oxygen atoms in total. The van der Waals surface area contributed by atoms with Crippen molar-refractivity contribution in [2.45, 2.75) is 31.7 Å². The van der Waals surface area contributed by atoms with Gasteiger partial charge in [-0.1, -0.05) is 23.7 Å². The molecular weight excluding hydrogens is 188 g/mol. The van der Waals surface area contributed by atoms with Crippen LogP contribution < -0.4 is 5.73 Å². The van der Waals surface area contributed by atoms with E-state index in [4.69, 9.17) is 10.3 Å². The Morgan fingerprint density at radius 1 is 1.40 bits per heavy atom. The summed E-state index contributed by atoms with van der Waals surface area (Å²) in [5.74, 6) is 0.610. The first-order chi connectivity index (χ1) is 7.40. The fourth-order valence-electron chi connectivity index (χ4n) is 2.18. The van der Waals surface area contributed by atoms with Crippen LogP contribution in [0.25, 0.3) is 11.0 Å². The molecule has 15 heavy (non-hydrogen) atoms. The van der Waals surface area contributed by atoms with E-state index in [-0.39, 0.29) is 0 Å². The maximum absolute atomic E-state index is 5.66. The Morgan fingerprint density at radius 2 is 2.27 bits per heavy atom. The van der Waals surface area contributed by atoms with Crippen molar-refractivity contribution in [3.8, 4) is 0 Å². The molecule has 0 amide bonds. The second kappa shape index (κ2) is 3.35. The van der Waals surface area contributed by atoms with Crippen molar-refractivity contribution in [1.82, 2.24) is 5.16 Å². The van der Waals surface area contributed by atoms with Crippen LogP contribution in [0.1, 0.15) is 36.4 Å². The maximum atomic E-state index is 5.66. The Bertz CT molecular complexity index is 485. The van der Waals surface area contributed by atoms with Crippen LogP contribution in [0, 0.1) is 0 Å². The van der Waals surface area contributed by atoms with Gasteiger partial charge in [0.1, 0.15) is 0 Å². The smallest absolute Gasteiger partial charge is 0.171 e. The van der Waals surface area contributed by atoms with Crippen molar-refractivity contribution in [2.75, 3.05) is 0 Å². The van der Waals surface area contributed by atoms with Gasteiger partial charge >= 0.3 is 0 Å². The number of fused-ring (bicyclic) bond motifs is 1. The van der Waals surface area contributed by atoms with Crippen molar-refractivity contribution in [2.24, 2.45) is 5.73 Å². The molecule has 2 N–H and O–H groups in total. The van der Waals surface area contributed by atoms with E-state index >= 15 is 0 Å². The Labute approximate surface area is 88.2 Å². The lowest BCUT2D eigenvalue weighted by Crippen LogP contribution is -2.09. The van der Waals surface area contributed by atoms with Crippen LogP contribution in [0.15, 0.2) is 22.7 Å². The summed E-state index contributed by atoms with van der Waals surface area (Å²) in [6.45, 7) is 0.511. The van der Waals surface area contributed by atoms with E-state index in [2.05, 4.69) is 11.2 Å². The number of rotatable bonds is 2. The molecule has 3 rings (SSSR count). The standard InChI is InChI=1S/C12H14N2O/c13-7-9-5-2-6-10-11(8-3-1-4-8)14-15-12(9)10/h2,5-6,8H,1,3-4,7,13H2. The number of nitrogens with two attached hydrogens (primary N) is 1. The van der Waals surface area contributed by atoms with Gasteiger partial charge in [-0.2, -0.15) is 0 Å². The molecule has 0 saturated heterocycles. The number of benzene rings is 1. The molecule has 0 bridgehead atoms. The number of nitrogens with zero attached hydrogens (tertiary/aromatic N) is 1. The van der Waals surface area contributed by atoms with Crippen LogP contribution in [0.3, 0.4) is 0 Å². The molecule has 1 heterocycles. The van der Waals surface area contributed by atoms with Gasteiger partial charge in [0.2, 0.25) is 0 Å². The summed E-state index contributed by atoms with van der Waals surface area (Å²) in [7, 11) is 0. The highest BCUT2D eigenvalue weighted by Crippen LogP contribution is 2.39. The van der Waals surface area contributed by atoms with Gasteiger partial charge in [0.25, 0.3) is 0 Å². The Morgan fingerprint density at radius 3 is 2.93 bits per heavy atom. The first kappa shape index (κ1) is 8.92. The summed E-state index contributed by atoms with van der Waals surface area (Å²) < 4.78 is 5.40. The lowest BCUT2D eigenvalue weighted by molar-refractivity contribution is 0.375. The van der Waals surface area contributed by atoms with E-state index in [0.29, 0.717) is 12.5 Å². The summed E-state index contributed by atoms with van der Waals surface area (Å²) in [4.78, 5) is 0. The number of para-hydroxylation sites is 1. The number of hydrogen-bond donors (Lipinski definition) is 1. The molecular formula is C12H14N2O. The maximum Gasteiger partial charge on any atom is 0.171 e. The molecule has 0 atom stereocenters. The Balaban J connectivity index is 2.16. The lowest BCUT2D eigenvalue weighted by Gasteiger charge is -2.22. The largest absolute Gasteiger partial charge is 0.356 e. The summed E-state index contributed by atoms with van der Waals surface area (Å²) in [6, 6.07) is 6.11. The second-order valence-corrected chi connectivity index (χ2v) is 4.19. The molecule has 1 aliphatic rings. The second-order valence-electron chi connectivity index (χ2n) is 4.19. The normalized spacial score (nSPS) is 16.9. The summed E-state index contributed by atoms with van der Waals surface area (Å²) in [5, 5.41) is 5.35. The third-order valence-corrected chi connectivity index (χ3v) is 3.32. The molecule has 3 heteroatoms. The van der Waals surface area contributed by atoms with Crippen molar-refractivity contribution in [3.63, 3.8) is 0 Å². The molecule has 1 aromatic heterocycles. The molecule has 1 saturated carbocycles. The average molecular weight is 202 g/mol. The summed E-state index contributed by atoms with van der Waals surface area (Å²) in [6.07, 6.45) is 3.80. The minimum atomic E-state index is 0.511. The minimum Gasteiger partial charge on any atom is -0.356 e. The van der Waals surface area contributed by atoms with Gasteiger partial charge in [-0.15, -0.1) is 0 Å². The van der Waals surface area contributed by atoms with Crippen molar-refractivity contribution < 1.29 is 4.52 Å². The lowest BCUT2D eigenvalue weighted by atomic mass is 9.82. The van der Waals surface area contributed by atoms with Crippen LogP contribution in [0.5, 0.6) is 0 Å². The topological polar surface area (TPSA) is 52.0 Å². The highest BCUT2D eigenvalue weighted by atomic mass is 16.5. The highest BCUT2D eigenvalue weighted by molar-refractivity contribution is 5.83. The molecule has 0 unspecified atom stereocenters. The van der Waals surface area contributed by atoms with E-state index in [1.54, 1.807) is 0 Å². The Kier molecular flexibility index (Phi) is 1.99. The zero-order chi connectivity index (χ0) is 10.3. The monoisotopic (exact) mass is 202 g/mol. The molecule has 0 spiro atoms. The quantitative estimate of drug-likeness (QED) is 0.814. The van der Waals surface area contributed by atoms with Crippen molar-refractivity contribution >= 4 is 11.0 Å². The van der Waals surface area contributed by atoms with Gasteiger partial charge in [-0.05, 0) is 18.9 Å². The van der Waals surface area contributed by atoms with Crippen LogP contribution in [-0.4, -0.2) is 5.16 Å². The van der Waals surface area contributed by atoms with Gasteiger partial charge in [0.05, 0.1) is 5.69 Å². The zero-order valence-electron chi connectivity index (χ0n) is 8.57. The molecule has 2 aromatic rings. The molecule has 1 aliphatic carbocycles. The van der Waals surface area contributed by atoms with Crippen molar-refractivity contribution in [3.05, 3.63) is 29.5 Å². The predicted octanol–water partition coefficient (Wildman–Crippen LogP) is 2.55. The zero-order valence-corrected chi connectivity index (χ0v) is 8.57. The van der Waals surface area contributed by atoms with Crippen LogP contribution in [0.2, 0.25) is 0 Å². The van der Waals surface area contributed by atoms with E-state index in [9.17, 15) is 0 Å². The fourth-order valence-corrected chi connectivity index (χ4v) is 2.18. The van der Waals surface area contributed by atoms with E-state index in [0.717, 1.165) is 22.2 Å². The van der Waals surface area contributed by atoms with Crippen LogP contribution in [0.4, 0.5) is 0 Å². The van der Waals surface area contributed by atoms with Crippen LogP contribution in [-0.2, 0) is 6.54 Å². The van der Waals surface area contributed by atoms with E-state index in [1.165, 1.54) is 19.3 Å². The van der Waals surface area contributed by atoms with Crippen molar-refractivity contribution in [1.29, 1.82) is 0 Å². The number of aromatic nitrogens is 1. The summed E-state index contributed by atoms with van der Waals surface area (Å²) in [5.41, 5.74) is 8.71. The Hall–Kier alpha value is -1.35. The first-order valence-corrected chi connectivity index (χ1v) is 5.47. The molecule has 1 aromatic carbocycles. The van der Waals surface area contributed by atoms with E-state index < -0.39 is 0 Å². The van der Waals surface area contributed by atoms with Gasteiger partial charge in [-0.3, -0.25) is 0 Å². The SMILES string of the molecule is NCc1cccc2c(C3CCC3)noc12.